The van der Waals surface area contributed by atoms with Gasteiger partial charge >= 0.3 is 6.36 Å². The normalized spacial score (nSPS) is 13.7. The summed E-state index contributed by atoms with van der Waals surface area (Å²) in [5.41, 5.74) is 1.76. The van der Waals surface area contributed by atoms with Gasteiger partial charge in [0.05, 0.1) is 17.7 Å². The Labute approximate surface area is 202 Å². The highest BCUT2D eigenvalue weighted by Gasteiger charge is 2.33. The standard InChI is InChI=1S/C24H20F3N3O4S/c1-33-19-11-8-16(14-20(19)34-24(25,26)27)18-4-2-12-30(29-18)23(32)15-6-9-17(10-7-15)28-22(31)21-5-3-13-35-21/h3,5-11,13-14H,2,4,12H2,1H3,(H,28,31). The molecular weight excluding hydrogens is 483 g/mol. The number of halogens is 3. The first-order valence-electron chi connectivity index (χ1n) is 10.5. The monoisotopic (exact) mass is 503 g/mol. The first-order chi connectivity index (χ1) is 16.7. The Hall–Kier alpha value is -3.86. The summed E-state index contributed by atoms with van der Waals surface area (Å²) in [6.45, 7) is 0.362. The molecule has 2 amide bonds. The molecule has 3 aromatic rings. The summed E-state index contributed by atoms with van der Waals surface area (Å²) in [5.74, 6) is -1.15. The van der Waals surface area contributed by atoms with E-state index in [9.17, 15) is 22.8 Å². The van der Waals surface area contributed by atoms with Crippen LogP contribution in [0.5, 0.6) is 11.5 Å². The van der Waals surface area contributed by atoms with Crippen LogP contribution >= 0.6 is 11.3 Å². The molecule has 0 saturated heterocycles. The average molecular weight is 504 g/mol. The minimum absolute atomic E-state index is 0.0679. The molecule has 4 rings (SSSR count). The van der Waals surface area contributed by atoms with Crippen molar-refractivity contribution in [3.05, 3.63) is 76.0 Å². The Bertz CT molecular complexity index is 1240. The predicted molar refractivity (Wildman–Crippen MR) is 125 cm³/mol. The summed E-state index contributed by atoms with van der Waals surface area (Å²) in [7, 11) is 1.25. The number of ether oxygens (including phenoxy) is 2. The third-order valence-electron chi connectivity index (χ3n) is 5.12. The van der Waals surface area contributed by atoms with Crippen molar-refractivity contribution in [1.29, 1.82) is 0 Å². The van der Waals surface area contributed by atoms with Gasteiger partial charge in [-0.05, 0) is 66.8 Å². The van der Waals surface area contributed by atoms with E-state index in [0.29, 0.717) is 46.8 Å². The lowest BCUT2D eigenvalue weighted by atomic mass is 10.0. The smallest absolute Gasteiger partial charge is 0.493 e. The van der Waals surface area contributed by atoms with Crippen molar-refractivity contribution in [2.45, 2.75) is 19.2 Å². The zero-order chi connectivity index (χ0) is 25.0. The number of alkyl halides is 3. The maximum atomic E-state index is 13.0. The summed E-state index contributed by atoms with van der Waals surface area (Å²) in [4.78, 5) is 25.7. The van der Waals surface area contributed by atoms with Crippen LogP contribution in [0.3, 0.4) is 0 Å². The van der Waals surface area contributed by atoms with Crippen LogP contribution in [0.4, 0.5) is 18.9 Å². The zero-order valence-corrected chi connectivity index (χ0v) is 19.3. The number of amides is 2. The lowest BCUT2D eigenvalue weighted by Gasteiger charge is -2.24. The molecule has 0 aliphatic carbocycles. The minimum Gasteiger partial charge on any atom is -0.493 e. The molecule has 0 spiro atoms. The Kier molecular flexibility index (Phi) is 7.06. The summed E-state index contributed by atoms with van der Waals surface area (Å²) in [6, 6.07) is 14.0. The molecule has 35 heavy (non-hydrogen) atoms. The van der Waals surface area contributed by atoms with Gasteiger partial charge in [-0.15, -0.1) is 24.5 Å². The van der Waals surface area contributed by atoms with Crippen LogP contribution in [-0.2, 0) is 0 Å². The van der Waals surface area contributed by atoms with Gasteiger partial charge in [0.15, 0.2) is 11.5 Å². The number of nitrogens with one attached hydrogen (secondary N) is 1. The van der Waals surface area contributed by atoms with E-state index in [-0.39, 0.29) is 17.6 Å². The first-order valence-corrected chi connectivity index (χ1v) is 11.4. The SMILES string of the molecule is COc1ccc(C2=NN(C(=O)c3ccc(NC(=O)c4cccs4)cc3)CCC2)cc1OC(F)(F)F. The second-order valence-corrected chi connectivity index (χ2v) is 8.45. The summed E-state index contributed by atoms with van der Waals surface area (Å²) in [5, 5.41) is 10.2. The van der Waals surface area contributed by atoms with Gasteiger partial charge < -0.3 is 14.8 Å². The van der Waals surface area contributed by atoms with Crippen molar-refractivity contribution in [3.63, 3.8) is 0 Å². The molecule has 0 bridgehead atoms. The maximum Gasteiger partial charge on any atom is 0.573 e. The van der Waals surface area contributed by atoms with Crippen molar-refractivity contribution in [2.75, 3.05) is 19.0 Å². The molecule has 0 atom stereocenters. The van der Waals surface area contributed by atoms with E-state index in [1.54, 1.807) is 47.8 Å². The first kappa shape index (κ1) is 24.3. The number of nitrogens with zero attached hydrogens (tertiary/aromatic N) is 2. The van der Waals surface area contributed by atoms with Crippen LogP contribution in [0.1, 0.15) is 38.4 Å². The van der Waals surface area contributed by atoms with Gasteiger partial charge in [-0.1, -0.05) is 6.07 Å². The number of benzene rings is 2. The topological polar surface area (TPSA) is 80.2 Å². The van der Waals surface area contributed by atoms with Gasteiger partial charge in [0.25, 0.3) is 11.8 Å². The molecule has 11 heteroatoms. The highest BCUT2D eigenvalue weighted by molar-refractivity contribution is 7.12. The zero-order valence-electron chi connectivity index (χ0n) is 18.5. The summed E-state index contributed by atoms with van der Waals surface area (Å²) >= 11 is 1.32. The maximum absolute atomic E-state index is 13.0. The number of carbonyl (C=O) groups is 2. The number of methoxy groups -OCH3 is 1. The molecule has 0 unspecified atom stereocenters. The number of hydrazone groups is 1. The third kappa shape index (κ3) is 5.99. The summed E-state index contributed by atoms with van der Waals surface area (Å²) < 4.78 is 47.3. The van der Waals surface area contributed by atoms with Crippen LogP contribution in [0.25, 0.3) is 0 Å². The number of thiophene rings is 1. The highest BCUT2D eigenvalue weighted by Crippen LogP contribution is 2.34. The second-order valence-electron chi connectivity index (χ2n) is 7.50. The fourth-order valence-corrected chi connectivity index (χ4v) is 4.12. The molecule has 182 valence electrons. The molecule has 0 radical (unpaired) electrons. The van der Waals surface area contributed by atoms with Gasteiger partial charge in [-0.3, -0.25) is 9.59 Å². The lowest BCUT2D eigenvalue weighted by Crippen LogP contribution is -2.32. The highest BCUT2D eigenvalue weighted by atomic mass is 32.1. The minimum atomic E-state index is -4.88. The van der Waals surface area contributed by atoms with E-state index in [1.807, 2.05) is 0 Å². The number of hydrogen-bond donors (Lipinski definition) is 1. The van der Waals surface area contributed by atoms with Crippen molar-refractivity contribution < 1.29 is 32.2 Å². The van der Waals surface area contributed by atoms with Crippen LogP contribution in [0.15, 0.2) is 65.1 Å². The van der Waals surface area contributed by atoms with Crippen LogP contribution in [0, 0.1) is 0 Å². The molecule has 1 aliphatic heterocycles. The third-order valence-corrected chi connectivity index (χ3v) is 5.99. The summed E-state index contributed by atoms with van der Waals surface area (Å²) in [6.07, 6.45) is -3.81. The molecule has 0 fully saturated rings. The molecule has 2 heterocycles. The van der Waals surface area contributed by atoms with E-state index < -0.39 is 12.1 Å². The van der Waals surface area contributed by atoms with Crippen LogP contribution in [-0.4, -0.2) is 42.6 Å². The Morgan fingerprint density at radius 3 is 2.51 bits per heavy atom. The predicted octanol–water partition coefficient (Wildman–Crippen LogP) is 5.55. The quantitative estimate of drug-likeness (QED) is 0.479. The Morgan fingerprint density at radius 1 is 1.09 bits per heavy atom. The Balaban J connectivity index is 1.50. The van der Waals surface area contributed by atoms with Crippen LogP contribution in [0.2, 0.25) is 0 Å². The van der Waals surface area contributed by atoms with Crippen molar-refractivity contribution in [3.8, 4) is 11.5 Å². The fraction of sp³-hybridized carbons (Fsp3) is 0.208. The van der Waals surface area contributed by atoms with E-state index in [1.165, 1.54) is 35.6 Å². The second kappa shape index (κ2) is 10.2. The fourth-order valence-electron chi connectivity index (χ4n) is 3.50. The number of carbonyl (C=O) groups excluding carboxylic acids is 2. The van der Waals surface area contributed by atoms with Crippen molar-refractivity contribution in [1.82, 2.24) is 5.01 Å². The van der Waals surface area contributed by atoms with Gasteiger partial charge in [0, 0.05) is 23.4 Å². The molecular formula is C24H20F3N3O4S. The van der Waals surface area contributed by atoms with Gasteiger partial charge in [-0.25, -0.2) is 5.01 Å². The average Bonchev–Trinajstić information content (AvgIpc) is 3.38. The molecule has 7 nitrogen and oxygen atoms in total. The van der Waals surface area contributed by atoms with E-state index in [4.69, 9.17) is 4.74 Å². The van der Waals surface area contributed by atoms with E-state index >= 15 is 0 Å². The number of anilines is 1. The Morgan fingerprint density at radius 2 is 1.86 bits per heavy atom. The van der Waals surface area contributed by atoms with Gasteiger partial charge in [0.2, 0.25) is 0 Å². The molecule has 1 aliphatic rings. The van der Waals surface area contributed by atoms with E-state index in [2.05, 4.69) is 15.2 Å². The van der Waals surface area contributed by atoms with Gasteiger partial charge in [-0.2, -0.15) is 5.10 Å². The number of hydrogen-bond acceptors (Lipinski definition) is 6. The van der Waals surface area contributed by atoms with E-state index in [0.717, 1.165) is 0 Å². The van der Waals surface area contributed by atoms with Crippen molar-refractivity contribution in [2.24, 2.45) is 5.10 Å². The van der Waals surface area contributed by atoms with Gasteiger partial charge in [0.1, 0.15) is 0 Å². The number of rotatable bonds is 6. The lowest BCUT2D eigenvalue weighted by molar-refractivity contribution is -0.275. The molecule has 0 saturated carbocycles. The van der Waals surface area contributed by atoms with Crippen LogP contribution < -0.4 is 14.8 Å². The van der Waals surface area contributed by atoms with Crippen molar-refractivity contribution >= 4 is 34.6 Å². The molecule has 2 aromatic carbocycles. The molecule has 1 aromatic heterocycles. The largest absolute Gasteiger partial charge is 0.573 e. The molecule has 1 N–H and O–H groups in total.